The van der Waals surface area contributed by atoms with Crippen LogP contribution in [0.5, 0.6) is 0 Å². The zero-order chi connectivity index (χ0) is 8.27. The molecular formula is C7H11Cl2NO. The van der Waals surface area contributed by atoms with Crippen LogP contribution in [-0.4, -0.2) is 36.2 Å². The van der Waals surface area contributed by atoms with Crippen LogP contribution < -0.4 is 0 Å². The molecule has 4 heteroatoms. The van der Waals surface area contributed by atoms with Gasteiger partial charge in [-0.05, 0) is 6.08 Å². The molecule has 0 saturated carbocycles. The fourth-order valence-electron chi connectivity index (χ4n) is 1.14. The van der Waals surface area contributed by atoms with Crippen molar-refractivity contribution < 1.29 is 5.11 Å². The summed E-state index contributed by atoms with van der Waals surface area (Å²) >= 11 is 10.8. The Morgan fingerprint density at radius 2 is 2.18 bits per heavy atom. The predicted molar refractivity (Wildman–Crippen MR) is 46.8 cm³/mol. The first-order valence-electron chi connectivity index (χ1n) is 3.56. The molecule has 1 N–H and O–H groups in total. The molecule has 0 unspecified atom stereocenters. The lowest BCUT2D eigenvalue weighted by Gasteiger charge is -2.37. The molecule has 0 bridgehead atoms. The second-order valence-corrected chi connectivity index (χ2v) is 3.77. The molecule has 1 aliphatic heterocycles. The Bertz CT molecular complexity index is 151. The van der Waals surface area contributed by atoms with E-state index in [0.29, 0.717) is 10.4 Å². The minimum Gasteiger partial charge on any atom is -0.396 e. The molecule has 0 amide bonds. The molecule has 2 nitrogen and oxygen atoms in total. The number of halogens is 2. The van der Waals surface area contributed by atoms with E-state index in [0.717, 1.165) is 19.6 Å². The van der Waals surface area contributed by atoms with Gasteiger partial charge in [0.1, 0.15) is 4.49 Å². The third-order valence-electron chi connectivity index (χ3n) is 1.79. The Morgan fingerprint density at radius 3 is 2.64 bits per heavy atom. The van der Waals surface area contributed by atoms with E-state index in [-0.39, 0.29) is 6.61 Å². The number of hydrogen-bond acceptors (Lipinski definition) is 2. The van der Waals surface area contributed by atoms with Crippen LogP contribution in [0.2, 0.25) is 0 Å². The first kappa shape index (κ1) is 9.33. The van der Waals surface area contributed by atoms with Gasteiger partial charge in [0.25, 0.3) is 0 Å². The number of nitrogens with zero attached hydrogens (tertiary/aromatic N) is 1. The van der Waals surface area contributed by atoms with E-state index >= 15 is 0 Å². The van der Waals surface area contributed by atoms with Crippen LogP contribution in [-0.2, 0) is 0 Å². The van der Waals surface area contributed by atoms with Crippen molar-refractivity contribution >= 4 is 23.2 Å². The predicted octanol–water partition coefficient (Wildman–Crippen LogP) is 1.23. The molecule has 0 aromatic rings. The molecule has 64 valence electrons. The second kappa shape index (κ2) is 4.31. The van der Waals surface area contributed by atoms with Gasteiger partial charge in [-0.3, -0.25) is 4.90 Å². The van der Waals surface area contributed by atoms with Crippen molar-refractivity contribution in [2.24, 2.45) is 5.92 Å². The highest BCUT2D eigenvalue weighted by Crippen LogP contribution is 2.15. The van der Waals surface area contributed by atoms with Gasteiger partial charge in [-0.15, -0.1) is 0 Å². The monoisotopic (exact) mass is 195 g/mol. The fraction of sp³-hybridized carbons (Fsp3) is 0.714. The van der Waals surface area contributed by atoms with Gasteiger partial charge < -0.3 is 5.11 Å². The Kier molecular flexibility index (Phi) is 3.66. The molecule has 1 fully saturated rings. The summed E-state index contributed by atoms with van der Waals surface area (Å²) in [7, 11) is 0. The second-order valence-electron chi connectivity index (χ2n) is 2.76. The summed E-state index contributed by atoms with van der Waals surface area (Å²) in [5.41, 5.74) is 0. The van der Waals surface area contributed by atoms with Crippen molar-refractivity contribution in [3.63, 3.8) is 0 Å². The largest absolute Gasteiger partial charge is 0.396 e. The summed E-state index contributed by atoms with van der Waals surface area (Å²) < 4.78 is 0.317. The number of aliphatic hydroxyl groups is 1. The van der Waals surface area contributed by atoms with Gasteiger partial charge >= 0.3 is 0 Å². The third kappa shape index (κ3) is 2.99. The highest BCUT2D eigenvalue weighted by molar-refractivity contribution is 6.55. The standard InChI is InChI=1S/C7H11Cl2NO/c8-7(9)1-2-10-3-6(4-10)5-11/h1,6,11H,2-5H2. The lowest BCUT2D eigenvalue weighted by atomic mass is 10.0. The van der Waals surface area contributed by atoms with E-state index in [9.17, 15) is 0 Å². The van der Waals surface area contributed by atoms with Gasteiger partial charge in [0.15, 0.2) is 0 Å². The van der Waals surface area contributed by atoms with Crippen molar-refractivity contribution in [2.75, 3.05) is 26.2 Å². The maximum atomic E-state index is 8.69. The maximum absolute atomic E-state index is 8.69. The average molecular weight is 196 g/mol. The van der Waals surface area contributed by atoms with Crippen LogP contribution in [0.4, 0.5) is 0 Å². The van der Waals surface area contributed by atoms with E-state index in [1.54, 1.807) is 6.08 Å². The molecule has 1 heterocycles. The molecule has 1 rings (SSSR count). The van der Waals surface area contributed by atoms with E-state index in [1.807, 2.05) is 0 Å². The quantitative estimate of drug-likeness (QED) is 0.733. The molecule has 0 aliphatic carbocycles. The third-order valence-corrected chi connectivity index (χ3v) is 2.10. The summed E-state index contributed by atoms with van der Waals surface area (Å²) in [6.45, 7) is 2.98. The molecule has 0 spiro atoms. The number of likely N-dealkylation sites (tertiary alicyclic amines) is 1. The van der Waals surface area contributed by atoms with Gasteiger partial charge in [0.05, 0.1) is 0 Å². The number of rotatable bonds is 3. The highest BCUT2D eigenvalue weighted by Gasteiger charge is 2.24. The van der Waals surface area contributed by atoms with E-state index in [2.05, 4.69) is 4.90 Å². The first-order valence-corrected chi connectivity index (χ1v) is 4.32. The SMILES string of the molecule is OCC1CN(CC=C(Cl)Cl)C1. The van der Waals surface area contributed by atoms with Gasteiger partial charge in [0.2, 0.25) is 0 Å². The minimum absolute atomic E-state index is 0.287. The maximum Gasteiger partial charge on any atom is 0.104 e. The summed E-state index contributed by atoms with van der Waals surface area (Å²) in [6, 6.07) is 0. The van der Waals surface area contributed by atoms with Crippen LogP contribution in [0, 0.1) is 5.92 Å². The minimum atomic E-state index is 0.287. The number of hydrogen-bond donors (Lipinski definition) is 1. The van der Waals surface area contributed by atoms with Crippen LogP contribution in [0.3, 0.4) is 0 Å². The van der Waals surface area contributed by atoms with E-state index < -0.39 is 0 Å². The van der Waals surface area contributed by atoms with Crippen LogP contribution in [0.1, 0.15) is 0 Å². The summed E-state index contributed by atoms with van der Waals surface area (Å²) in [6.07, 6.45) is 1.76. The molecule has 0 atom stereocenters. The Balaban J connectivity index is 2.09. The normalized spacial score (nSPS) is 19.5. The summed E-state index contributed by atoms with van der Waals surface area (Å²) in [4.78, 5) is 2.17. The topological polar surface area (TPSA) is 23.5 Å². The lowest BCUT2D eigenvalue weighted by molar-refractivity contribution is 0.0638. The summed E-state index contributed by atoms with van der Waals surface area (Å²) in [5.74, 6) is 0.456. The van der Waals surface area contributed by atoms with Crippen molar-refractivity contribution in [1.29, 1.82) is 0 Å². The Hall–Kier alpha value is 0.240. The van der Waals surface area contributed by atoms with E-state index in [1.165, 1.54) is 0 Å². The molecule has 1 aliphatic rings. The van der Waals surface area contributed by atoms with Crippen molar-refractivity contribution in [3.8, 4) is 0 Å². The highest BCUT2D eigenvalue weighted by atomic mass is 35.5. The zero-order valence-electron chi connectivity index (χ0n) is 6.13. The zero-order valence-corrected chi connectivity index (χ0v) is 7.65. The number of aliphatic hydroxyl groups excluding tert-OH is 1. The molecule has 11 heavy (non-hydrogen) atoms. The van der Waals surface area contributed by atoms with Crippen molar-refractivity contribution in [3.05, 3.63) is 10.6 Å². The molecule has 0 aromatic heterocycles. The van der Waals surface area contributed by atoms with Gasteiger partial charge in [-0.1, -0.05) is 23.2 Å². The fourth-order valence-corrected chi connectivity index (χ4v) is 1.28. The first-order chi connectivity index (χ1) is 5.22. The van der Waals surface area contributed by atoms with Crippen LogP contribution in [0.15, 0.2) is 10.6 Å². The van der Waals surface area contributed by atoms with Gasteiger partial charge in [-0.2, -0.15) is 0 Å². The molecule has 0 radical (unpaired) electrons. The van der Waals surface area contributed by atoms with Crippen molar-refractivity contribution in [1.82, 2.24) is 4.90 Å². The lowest BCUT2D eigenvalue weighted by Crippen LogP contribution is -2.48. The molecule has 0 aromatic carbocycles. The van der Waals surface area contributed by atoms with Crippen molar-refractivity contribution in [2.45, 2.75) is 0 Å². The Morgan fingerprint density at radius 1 is 1.55 bits per heavy atom. The van der Waals surface area contributed by atoms with Crippen LogP contribution >= 0.6 is 23.2 Å². The van der Waals surface area contributed by atoms with Gasteiger partial charge in [-0.25, -0.2) is 0 Å². The smallest absolute Gasteiger partial charge is 0.104 e. The average Bonchev–Trinajstić information content (AvgIpc) is 1.84. The van der Waals surface area contributed by atoms with Crippen LogP contribution in [0.25, 0.3) is 0 Å². The Labute approximate surface area is 76.4 Å². The van der Waals surface area contributed by atoms with Gasteiger partial charge in [0, 0.05) is 32.2 Å². The van der Waals surface area contributed by atoms with E-state index in [4.69, 9.17) is 28.3 Å². The molecular weight excluding hydrogens is 185 g/mol. The molecule has 1 saturated heterocycles. The summed E-state index contributed by atoms with van der Waals surface area (Å²) in [5, 5.41) is 8.69.